The summed E-state index contributed by atoms with van der Waals surface area (Å²) in [4.78, 5) is 13.9. The van der Waals surface area contributed by atoms with Gasteiger partial charge in [0.1, 0.15) is 0 Å². The normalized spacial score (nSPS) is 16.3. The maximum Gasteiger partial charge on any atom is 0.317 e. The minimum atomic E-state index is 0.0470. The average molecular weight is 246 g/mol. The fourth-order valence-corrected chi connectivity index (χ4v) is 2.53. The third kappa shape index (κ3) is 3.49. The predicted octanol–water partition coefficient (Wildman–Crippen LogP) is 3.16. The van der Waals surface area contributed by atoms with Crippen LogP contribution in [0.15, 0.2) is 30.3 Å². The lowest BCUT2D eigenvalue weighted by Gasteiger charge is -2.31. The molecule has 18 heavy (non-hydrogen) atoms. The molecule has 1 aliphatic rings. The van der Waals surface area contributed by atoms with Crippen molar-refractivity contribution in [2.24, 2.45) is 0 Å². The van der Waals surface area contributed by atoms with Gasteiger partial charge in [0.05, 0.1) is 0 Å². The molecule has 0 atom stereocenters. The van der Waals surface area contributed by atoms with E-state index in [1.165, 1.54) is 19.3 Å². The van der Waals surface area contributed by atoms with Crippen molar-refractivity contribution in [3.05, 3.63) is 35.9 Å². The van der Waals surface area contributed by atoms with E-state index in [-0.39, 0.29) is 6.03 Å². The van der Waals surface area contributed by atoms with Crippen LogP contribution in [-0.4, -0.2) is 24.0 Å². The zero-order chi connectivity index (χ0) is 12.8. The largest absolute Gasteiger partial charge is 0.334 e. The van der Waals surface area contributed by atoms with Crippen LogP contribution in [0.25, 0.3) is 0 Å². The highest BCUT2D eigenvalue weighted by atomic mass is 16.2. The van der Waals surface area contributed by atoms with Gasteiger partial charge < -0.3 is 10.2 Å². The van der Waals surface area contributed by atoms with Gasteiger partial charge in [-0.25, -0.2) is 4.79 Å². The molecule has 1 saturated carbocycles. The third-order valence-corrected chi connectivity index (χ3v) is 3.73. The van der Waals surface area contributed by atoms with Gasteiger partial charge in [-0.1, -0.05) is 49.6 Å². The number of urea groups is 1. The van der Waals surface area contributed by atoms with Gasteiger partial charge in [0.2, 0.25) is 0 Å². The Morgan fingerprint density at radius 3 is 2.56 bits per heavy atom. The zero-order valence-corrected chi connectivity index (χ0v) is 11.1. The first-order valence-corrected chi connectivity index (χ1v) is 6.82. The molecule has 0 bridgehead atoms. The van der Waals surface area contributed by atoms with E-state index in [0.717, 1.165) is 18.4 Å². The molecule has 1 aromatic carbocycles. The fourth-order valence-electron chi connectivity index (χ4n) is 2.53. The highest BCUT2D eigenvalue weighted by Crippen LogP contribution is 2.21. The average Bonchev–Trinajstić information content (AvgIpc) is 2.46. The summed E-state index contributed by atoms with van der Waals surface area (Å²) in [6, 6.07) is 10.5. The molecule has 1 aromatic rings. The number of hydrogen-bond acceptors (Lipinski definition) is 1. The van der Waals surface area contributed by atoms with E-state index in [0.29, 0.717) is 12.6 Å². The lowest BCUT2D eigenvalue weighted by atomic mass is 9.95. The van der Waals surface area contributed by atoms with Crippen molar-refractivity contribution >= 4 is 6.03 Å². The quantitative estimate of drug-likeness (QED) is 0.873. The van der Waals surface area contributed by atoms with Crippen LogP contribution in [0.3, 0.4) is 0 Å². The van der Waals surface area contributed by atoms with Crippen LogP contribution in [0, 0.1) is 0 Å². The summed E-state index contributed by atoms with van der Waals surface area (Å²) in [7, 11) is 1.91. The van der Waals surface area contributed by atoms with Crippen molar-refractivity contribution < 1.29 is 4.79 Å². The molecule has 1 aliphatic carbocycles. The van der Waals surface area contributed by atoms with Crippen molar-refractivity contribution in [3.63, 3.8) is 0 Å². The Balaban J connectivity index is 1.80. The van der Waals surface area contributed by atoms with Crippen LogP contribution in [0.1, 0.15) is 37.7 Å². The number of amides is 2. The highest BCUT2D eigenvalue weighted by Gasteiger charge is 2.21. The van der Waals surface area contributed by atoms with Crippen molar-refractivity contribution in [3.8, 4) is 0 Å². The van der Waals surface area contributed by atoms with Crippen LogP contribution in [0.5, 0.6) is 0 Å². The molecule has 0 radical (unpaired) electrons. The van der Waals surface area contributed by atoms with Crippen LogP contribution >= 0.6 is 0 Å². The summed E-state index contributed by atoms with van der Waals surface area (Å²) < 4.78 is 0. The summed E-state index contributed by atoms with van der Waals surface area (Å²) >= 11 is 0. The van der Waals surface area contributed by atoms with Gasteiger partial charge in [0.25, 0.3) is 0 Å². The summed E-state index contributed by atoms with van der Waals surface area (Å²) in [5.74, 6) is 0. The van der Waals surface area contributed by atoms with Crippen molar-refractivity contribution in [2.75, 3.05) is 7.05 Å². The first-order chi connectivity index (χ1) is 8.77. The Hall–Kier alpha value is -1.51. The molecule has 98 valence electrons. The molecule has 1 N–H and O–H groups in total. The van der Waals surface area contributed by atoms with Crippen LogP contribution in [0.4, 0.5) is 4.79 Å². The van der Waals surface area contributed by atoms with Gasteiger partial charge in [-0.05, 0) is 18.4 Å². The van der Waals surface area contributed by atoms with E-state index < -0.39 is 0 Å². The highest BCUT2D eigenvalue weighted by molar-refractivity contribution is 5.74. The molecule has 2 rings (SSSR count). The molecule has 0 spiro atoms. The topological polar surface area (TPSA) is 32.3 Å². The van der Waals surface area contributed by atoms with Crippen molar-refractivity contribution in [1.29, 1.82) is 0 Å². The molecule has 0 heterocycles. The maximum absolute atomic E-state index is 12.0. The van der Waals surface area contributed by atoms with Crippen LogP contribution in [0.2, 0.25) is 0 Å². The first kappa shape index (κ1) is 12.9. The molecule has 0 aliphatic heterocycles. The Kier molecular flexibility index (Phi) is 4.62. The molecule has 0 aromatic heterocycles. The second kappa shape index (κ2) is 6.43. The fraction of sp³-hybridized carbons (Fsp3) is 0.533. The molecule has 3 nitrogen and oxygen atoms in total. The number of nitrogens with zero attached hydrogens (tertiary/aromatic N) is 1. The Labute approximate surface area is 109 Å². The summed E-state index contributed by atoms with van der Waals surface area (Å²) in [5.41, 5.74) is 1.14. The van der Waals surface area contributed by atoms with Crippen LogP contribution in [-0.2, 0) is 6.54 Å². The minimum absolute atomic E-state index is 0.0470. The van der Waals surface area contributed by atoms with E-state index in [2.05, 4.69) is 5.32 Å². The molecular weight excluding hydrogens is 224 g/mol. The van der Waals surface area contributed by atoms with Gasteiger partial charge in [-0.2, -0.15) is 0 Å². The van der Waals surface area contributed by atoms with E-state index in [1.54, 1.807) is 0 Å². The smallest absolute Gasteiger partial charge is 0.317 e. The molecule has 0 saturated heterocycles. The minimum Gasteiger partial charge on any atom is -0.334 e. The van der Waals surface area contributed by atoms with E-state index in [9.17, 15) is 4.79 Å². The lowest BCUT2D eigenvalue weighted by Crippen LogP contribution is -2.44. The van der Waals surface area contributed by atoms with Gasteiger partial charge in [-0.15, -0.1) is 0 Å². The Morgan fingerprint density at radius 1 is 1.22 bits per heavy atom. The van der Waals surface area contributed by atoms with Crippen LogP contribution < -0.4 is 5.32 Å². The first-order valence-electron chi connectivity index (χ1n) is 6.82. The molecule has 1 fully saturated rings. The SMILES string of the molecule is CN(C(=O)NCc1ccccc1)C1CCCCC1. The van der Waals surface area contributed by atoms with E-state index >= 15 is 0 Å². The number of hydrogen-bond donors (Lipinski definition) is 1. The molecule has 2 amide bonds. The summed E-state index contributed by atoms with van der Waals surface area (Å²) in [6.45, 7) is 0.608. The van der Waals surface area contributed by atoms with Gasteiger partial charge >= 0.3 is 6.03 Å². The Morgan fingerprint density at radius 2 is 1.89 bits per heavy atom. The summed E-state index contributed by atoms with van der Waals surface area (Å²) in [5, 5.41) is 2.98. The number of carbonyl (C=O) groups excluding carboxylic acids is 1. The number of nitrogens with one attached hydrogen (secondary N) is 1. The monoisotopic (exact) mass is 246 g/mol. The molecule has 3 heteroatoms. The number of benzene rings is 1. The lowest BCUT2D eigenvalue weighted by molar-refractivity contribution is 0.173. The summed E-state index contributed by atoms with van der Waals surface area (Å²) in [6.07, 6.45) is 6.11. The van der Waals surface area contributed by atoms with Crippen molar-refractivity contribution in [2.45, 2.75) is 44.7 Å². The molecule has 0 unspecified atom stereocenters. The standard InChI is InChI=1S/C15H22N2O/c1-17(14-10-6-3-7-11-14)15(18)16-12-13-8-4-2-5-9-13/h2,4-5,8-9,14H,3,6-7,10-12H2,1H3,(H,16,18). The van der Waals surface area contributed by atoms with Gasteiger partial charge in [0, 0.05) is 19.6 Å². The maximum atomic E-state index is 12.0. The predicted molar refractivity (Wildman–Crippen MR) is 73.3 cm³/mol. The molecular formula is C15H22N2O. The number of rotatable bonds is 3. The van der Waals surface area contributed by atoms with Gasteiger partial charge in [0.15, 0.2) is 0 Å². The third-order valence-electron chi connectivity index (χ3n) is 3.73. The van der Waals surface area contributed by atoms with E-state index in [1.807, 2.05) is 42.3 Å². The van der Waals surface area contributed by atoms with Crippen molar-refractivity contribution in [1.82, 2.24) is 10.2 Å². The zero-order valence-electron chi connectivity index (χ0n) is 11.1. The van der Waals surface area contributed by atoms with Gasteiger partial charge in [-0.3, -0.25) is 0 Å². The second-order valence-electron chi connectivity index (χ2n) is 5.05. The van der Waals surface area contributed by atoms with E-state index in [4.69, 9.17) is 0 Å². The Bertz CT molecular complexity index is 371. The second-order valence-corrected chi connectivity index (χ2v) is 5.05. The number of carbonyl (C=O) groups is 1.